The van der Waals surface area contributed by atoms with Gasteiger partial charge in [0.25, 0.3) is 0 Å². The summed E-state index contributed by atoms with van der Waals surface area (Å²) >= 11 is 0. The van der Waals surface area contributed by atoms with Crippen molar-refractivity contribution in [3.05, 3.63) is 48.0 Å². The van der Waals surface area contributed by atoms with E-state index < -0.39 is 107 Å². The molecule has 71 heavy (non-hydrogen) atoms. The lowest BCUT2D eigenvalue weighted by Crippen LogP contribution is -2.62. The van der Waals surface area contributed by atoms with Crippen LogP contribution in [0.15, 0.2) is 41.8 Å². The van der Waals surface area contributed by atoms with Gasteiger partial charge in [-0.25, -0.2) is 9.78 Å². The SMILES string of the molecule is CC[C@H](C)[C@H](NC(=O)[C@@H]1CCCN1C(=O)[C@H](Cc1cnc[nH]1)NC(=O)[C@@H](NC(=O)[C@H](Cc1ccc(OC)cc1)NC(=O)[C@@H](NC(=O)[C@H](CCCN=C(N)N)NC(=O)C(C)(C)N)C(C)C)[C@@H](C)CC)C(=O)O. The van der Waals surface area contributed by atoms with Crippen molar-refractivity contribution >= 4 is 53.3 Å². The van der Waals surface area contributed by atoms with Crippen molar-refractivity contribution in [1.29, 1.82) is 0 Å². The molecule has 3 rings (SSSR count). The Kier molecular flexibility index (Phi) is 22.7. The highest BCUT2D eigenvalue weighted by molar-refractivity contribution is 5.98. The van der Waals surface area contributed by atoms with Crippen molar-refractivity contribution in [2.24, 2.45) is 39.9 Å². The summed E-state index contributed by atoms with van der Waals surface area (Å²) in [5.74, 6) is -6.95. The van der Waals surface area contributed by atoms with E-state index >= 15 is 0 Å². The summed E-state index contributed by atoms with van der Waals surface area (Å²) in [7, 11) is 1.50. The molecule has 0 aliphatic carbocycles. The van der Waals surface area contributed by atoms with Crippen LogP contribution in [0.25, 0.3) is 0 Å². The molecule has 0 radical (unpaired) electrons. The highest BCUT2D eigenvalue weighted by atomic mass is 16.5. The van der Waals surface area contributed by atoms with E-state index in [9.17, 15) is 43.5 Å². The van der Waals surface area contributed by atoms with Gasteiger partial charge in [0.1, 0.15) is 48.0 Å². The number of nitrogens with zero attached hydrogens (tertiary/aromatic N) is 3. The summed E-state index contributed by atoms with van der Waals surface area (Å²) in [6.07, 6.45) is 4.76. The predicted octanol–water partition coefficient (Wildman–Crippen LogP) is -0.273. The van der Waals surface area contributed by atoms with Crippen LogP contribution in [0.1, 0.15) is 105 Å². The highest BCUT2D eigenvalue weighted by Gasteiger charge is 2.41. The molecule has 1 aliphatic rings. The van der Waals surface area contributed by atoms with Crippen LogP contribution in [-0.2, 0) is 51.2 Å². The van der Waals surface area contributed by atoms with E-state index in [0.717, 1.165) is 0 Å². The maximum absolute atomic E-state index is 14.6. The molecule has 1 aliphatic heterocycles. The van der Waals surface area contributed by atoms with Gasteiger partial charge in [0.2, 0.25) is 41.4 Å². The minimum absolute atomic E-state index is 0.0650. The van der Waals surface area contributed by atoms with E-state index in [0.29, 0.717) is 36.3 Å². The molecule has 0 bridgehead atoms. The van der Waals surface area contributed by atoms with Gasteiger partial charge in [0, 0.05) is 37.8 Å². The molecule has 1 aromatic heterocycles. The number of hydrogen-bond acceptors (Lipinski definition) is 12. The molecule has 1 aromatic carbocycles. The van der Waals surface area contributed by atoms with Gasteiger partial charge >= 0.3 is 5.97 Å². The fourth-order valence-corrected chi connectivity index (χ4v) is 7.84. The van der Waals surface area contributed by atoms with Crippen LogP contribution in [-0.4, -0.2) is 141 Å². The number of nitrogens with one attached hydrogen (secondary N) is 7. The van der Waals surface area contributed by atoms with Gasteiger partial charge in [-0.15, -0.1) is 0 Å². The van der Waals surface area contributed by atoms with Crippen molar-refractivity contribution in [1.82, 2.24) is 46.8 Å². The lowest BCUT2D eigenvalue weighted by atomic mass is 9.96. The fraction of sp³-hybridized carbons (Fsp3) is 0.625. The number of carbonyl (C=O) groups excluding carboxylic acids is 7. The lowest BCUT2D eigenvalue weighted by molar-refractivity contribution is -0.146. The largest absolute Gasteiger partial charge is 0.497 e. The van der Waals surface area contributed by atoms with Gasteiger partial charge in [-0.2, -0.15) is 0 Å². The average molecular weight is 996 g/mol. The second-order valence-corrected chi connectivity index (χ2v) is 19.2. The quantitative estimate of drug-likeness (QED) is 0.0297. The minimum atomic E-state index is -1.34. The first-order chi connectivity index (χ1) is 33.4. The van der Waals surface area contributed by atoms with Crippen molar-refractivity contribution in [3.63, 3.8) is 0 Å². The second kappa shape index (κ2) is 27.6. The maximum atomic E-state index is 14.6. The number of rotatable bonds is 28. The first-order valence-corrected chi connectivity index (χ1v) is 24.2. The Hall–Kier alpha value is -6.78. The van der Waals surface area contributed by atoms with Gasteiger partial charge in [0.05, 0.1) is 19.0 Å². The van der Waals surface area contributed by atoms with E-state index in [1.165, 1.54) is 38.4 Å². The molecule has 0 saturated carbocycles. The number of nitrogens with two attached hydrogens (primary N) is 3. The standard InChI is InChI=1S/C48H77N13O10/c1-10-27(5)37(43(66)56-34(23-30-24-52-25-54-30)44(67)61-21-13-15-35(61)41(64)60-38(45(68)69)28(6)11-2)59-40(63)33(22-29-16-18-31(71-9)19-17-29)55-42(65)36(26(3)4)58-39(62)32(14-12-20-53-47(49)50)57-46(70)48(7,8)51/h16-19,24-28,32-38H,10-15,20-23,51H2,1-9H3,(H,52,54)(H,55,65)(H,56,66)(H,57,70)(H,58,62)(H,59,63)(H,60,64)(H,68,69)(H4,49,50,53)/t27-,28-,32-,33-,34-,35-,36-,37-,38-/m0/s1. The molecule has 1 fully saturated rings. The van der Waals surface area contributed by atoms with E-state index in [4.69, 9.17) is 21.9 Å². The summed E-state index contributed by atoms with van der Waals surface area (Å²) in [4.78, 5) is 123. The Balaban J connectivity index is 1.95. The Morgan fingerprint density at radius 2 is 1.41 bits per heavy atom. The van der Waals surface area contributed by atoms with Crippen LogP contribution >= 0.6 is 0 Å². The number of aromatic amines is 1. The summed E-state index contributed by atoms with van der Waals surface area (Å²) in [5.41, 5.74) is 16.7. The number of carboxylic acids is 1. The molecular weight excluding hydrogens is 919 g/mol. The van der Waals surface area contributed by atoms with E-state index in [1.54, 1.807) is 52.0 Å². The first-order valence-electron chi connectivity index (χ1n) is 24.2. The topological polar surface area (TPSA) is 361 Å². The number of guanidine groups is 1. The van der Waals surface area contributed by atoms with Crippen molar-refractivity contribution in [2.45, 2.75) is 155 Å². The van der Waals surface area contributed by atoms with Gasteiger partial charge in [-0.05, 0) is 75.0 Å². The number of hydrogen-bond donors (Lipinski definition) is 11. The smallest absolute Gasteiger partial charge is 0.326 e. The highest BCUT2D eigenvalue weighted by Crippen LogP contribution is 2.22. The van der Waals surface area contributed by atoms with Crippen LogP contribution in [0.2, 0.25) is 0 Å². The normalized spacial score (nSPS) is 16.9. The lowest BCUT2D eigenvalue weighted by Gasteiger charge is -2.32. The zero-order chi connectivity index (χ0) is 53.2. The van der Waals surface area contributed by atoms with E-state index in [1.807, 2.05) is 13.8 Å². The number of imidazole rings is 1. The van der Waals surface area contributed by atoms with Gasteiger partial charge in [0.15, 0.2) is 5.96 Å². The zero-order valence-corrected chi connectivity index (χ0v) is 42.5. The fourth-order valence-electron chi connectivity index (χ4n) is 7.84. The van der Waals surface area contributed by atoms with Crippen LogP contribution in [0.3, 0.4) is 0 Å². The summed E-state index contributed by atoms with van der Waals surface area (Å²) in [6, 6.07) is -1.57. The molecular formula is C48H77N13O10. The molecule has 0 unspecified atom stereocenters. The number of aliphatic carboxylic acids is 1. The number of likely N-dealkylation sites (tertiary alicyclic amines) is 1. The Labute approximate surface area is 415 Å². The van der Waals surface area contributed by atoms with Crippen molar-refractivity contribution in [3.8, 4) is 5.75 Å². The molecule has 14 N–H and O–H groups in total. The molecule has 2 heterocycles. The average Bonchev–Trinajstić information content (AvgIpc) is 4.04. The van der Waals surface area contributed by atoms with E-state index in [2.05, 4.69) is 46.9 Å². The van der Waals surface area contributed by atoms with Crippen LogP contribution in [0, 0.1) is 17.8 Å². The van der Waals surface area contributed by atoms with Gasteiger partial charge in [-0.1, -0.05) is 66.5 Å². The van der Waals surface area contributed by atoms with Crippen LogP contribution in [0.4, 0.5) is 0 Å². The zero-order valence-electron chi connectivity index (χ0n) is 42.5. The van der Waals surface area contributed by atoms with Crippen molar-refractivity contribution < 1.29 is 48.2 Å². The molecule has 2 aromatic rings. The Morgan fingerprint density at radius 1 is 0.817 bits per heavy atom. The number of carbonyl (C=O) groups is 8. The third-order valence-corrected chi connectivity index (χ3v) is 12.6. The molecule has 394 valence electrons. The number of methoxy groups -OCH3 is 1. The molecule has 0 spiro atoms. The van der Waals surface area contributed by atoms with Gasteiger partial charge < -0.3 is 68.8 Å². The van der Waals surface area contributed by atoms with Gasteiger partial charge in [-0.3, -0.25) is 38.6 Å². The third-order valence-electron chi connectivity index (χ3n) is 12.6. The number of benzene rings is 1. The molecule has 23 nitrogen and oxygen atoms in total. The molecule has 9 atom stereocenters. The summed E-state index contributed by atoms with van der Waals surface area (Å²) in [5, 5.41) is 26.3. The third kappa shape index (κ3) is 17.8. The number of aliphatic imine (C=N–C) groups is 1. The number of carboxylic acid groups (broad SMARTS) is 1. The summed E-state index contributed by atoms with van der Waals surface area (Å²) < 4.78 is 5.31. The number of amides is 7. The molecule has 1 saturated heterocycles. The minimum Gasteiger partial charge on any atom is -0.497 e. The second-order valence-electron chi connectivity index (χ2n) is 19.2. The first kappa shape index (κ1) is 58.5. The maximum Gasteiger partial charge on any atom is 0.326 e. The van der Waals surface area contributed by atoms with Crippen molar-refractivity contribution in [2.75, 3.05) is 20.2 Å². The Morgan fingerprint density at radius 3 is 1.96 bits per heavy atom. The molecule has 23 heteroatoms. The number of ether oxygens (including phenoxy) is 1. The number of aromatic nitrogens is 2. The van der Waals surface area contributed by atoms with Crippen LogP contribution in [0.5, 0.6) is 5.75 Å². The number of H-pyrrole nitrogens is 1. The summed E-state index contributed by atoms with van der Waals surface area (Å²) in [6.45, 7) is 13.8. The van der Waals surface area contributed by atoms with E-state index in [-0.39, 0.29) is 57.1 Å². The predicted molar refractivity (Wildman–Crippen MR) is 265 cm³/mol. The Bertz CT molecular complexity index is 2140. The molecule has 7 amide bonds. The van der Waals surface area contributed by atoms with Crippen LogP contribution < -0.4 is 53.8 Å². The monoisotopic (exact) mass is 996 g/mol.